The van der Waals surface area contributed by atoms with Crippen LogP contribution < -0.4 is 5.32 Å². The van der Waals surface area contributed by atoms with Gasteiger partial charge in [-0.15, -0.1) is 0 Å². The molecule has 0 radical (unpaired) electrons. The quantitative estimate of drug-likeness (QED) is 0.924. The van der Waals surface area contributed by atoms with Crippen LogP contribution in [-0.4, -0.2) is 33.8 Å². The van der Waals surface area contributed by atoms with Gasteiger partial charge in [0.25, 0.3) is 0 Å². The molecule has 2 heterocycles. The number of rotatable bonds is 2. The van der Waals surface area contributed by atoms with Gasteiger partial charge in [-0.3, -0.25) is 0 Å². The molecule has 1 aliphatic rings. The summed E-state index contributed by atoms with van der Waals surface area (Å²) in [5.41, 5.74) is 2.43. The number of aromatic nitrogens is 2. The van der Waals surface area contributed by atoms with E-state index in [0.29, 0.717) is 18.2 Å². The highest BCUT2D eigenvalue weighted by Crippen LogP contribution is 2.31. The molecule has 1 N–H and O–H groups in total. The molecule has 1 saturated heterocycles. The molecule has 1 aliphatic heterocycles. The van der Waals surface area contributed by atoms with Gasteiger partial charge in [-0.1, -0.05) is 11.6 Å². The third-order valence-electron chi connectivity index (χ3n) is 2.99. The molecule has 3 rings (SSSR count). The molecule has 2 aromatic rings. The number of anilines is 1. The van der Waals surface area contributed by atoms with Crippen LogP contribution >= 0.6 is 23.3 Å². The second-order valence-corrected chi connectivity index (χ2v) is 5.85. The molecule has 0 amide bonds. The van der Waals surface area contributed by atoms with Crippen LogP contribution in [0.5, 0.6) is 0 Å². The maximum absolute atomic E-state index is 6.23. The van der Waals surface area contributed by atoms with Crippen LogP contribution in [0.4, 0.5) is 5.69 Å². The summed E-state index contributed by atoms with van der Waals surface area (Å²) < 4.78 is 19.7. The van der Waals surface area contributed by atoms with Gasteiger partial charge in [0.15, 0.2) is 5.79 Å². The lowest BCUT2D eigenvalue weighted by atomic mass is 10.2. The third-order valence-corrected chi connectivity index (χ3v) is 3.85. The van der Waals surface area contributed by atoms with Crippen LogP contribution in [0.3, 0.4) is 0 Å². The summed E-state index contributed by atoms with van der Waals surface area (Å²) in [6, 6.07) is 3.74. The van der Waals surface area contributed by atoms with Crippen molar-refractivity contribution >= 4 is 40.0 Å². The maximum Gasteiger partial charge on any atom is 0.162 e. The van der Waals surface area contributed by atoms with E-state index in [1.165, 1.54) is 11.7 Å². The van der Waals surface area contributed by atoms with Gasteiger partial charge in [-0.2, -0.15) is 8.75 Å². The molecule has 0 saturated carbocycles. The molecule has 7 heteroatoms. The Morgan fingerprint density at radius 1 is 1.32 bits per heavy atom. The molecule has 0 unspecified atom stereocenters. The topological polar surface area (TPSA) is 56.3 Å². The number of ether oxygens (including phenoxy) is 2. The average molecular weight is 300 g/mol. The first-order valence-electron chi connectivity index (χ1n) is 6.00. The van der Waals surface area contributed by atoms with Crippen LogP contribution in [0.2, 0.25) is 5.02 Å². The van der Waals surface area contributed by atoms with Crippen LogP contribution in [0.1, 0.15) is 13.8 Å². The summed E-state index contributed by atoms with van der Waals surface area (Å²) in [5.74, 6) is -0.518. The van der Waals surface area contributed by atoms with E-state index in [0.717, 1.165) is 16.7 Å². The Labute approximate surface area is 120 Å². The number of benzene rings is 1. The summed E-state index contributed by atoms with van der Waals surface area (Å²) in [4.78, 5) is 0. The normalized spacial score (nSPS) is 19.7. The van der Waals surface area contributed by atoms with E-state index in [9.17, 15) is 0 Å². The van der Waals surface area contributed by atoms with Gasteiger partial charge >= 0.3 is 0 Å². The van der Waals surface area contributed by atoms with E-state index >= 15 is 0 Å². The molecule has 0 spiro atoms. The van der Waals surface area contributed by atoms with Crippen molar-refractivity contribution in [2.75, 3.05) is 18.5 Å². The maximum atomic E-state index is 6.23. The minimum Gasteiger partial charge on any atom is -0.375 e. The summed E-state index contributed by atoms with van der Waals surface area (Å²) in [5, 5.41) is 3.97. The fraction of sp³-hybridized carbons (Fsp3) is 0.500. The molecule has 1 fully saturated rings. The Hall–Kier alpha value is -0.950. The molecule has 0 aliphatic carbocycles. The predicted molar refractivity (Wildman–Crippen MR) is 75.8 cm³/mol. The van der Waals surface area contributed by atoms with Crippen LogP contribution in [-0.2, 0) is 9.47 Å². The summed E-state index contributed by atoms with van der Waals surface area (Å²) >= 11 is 7.40. The van der Waals surface area contributed by atoms with Crippen molar-refractivity contribution in [1.29, 1.82) is 0 Å². The number of halogens is 1. The number of nitrogens with one attached hydrogen (secondary N) is 1. The number of hydrogen-bond donors (Lipinski definition) is 1. The van der Waals surface area contributed by atoms with Crippen molar-refractivity contribution in [2.45, 2.75) is 25.7 Å². The molecule has 5 nitrogen and oxygen atoms in total. The van der Waals surface area contributed by atoms with E-state index < -0.39 is 5.79 Å². The second-order valence-electron chi connectivity index (χ2n) is 4.92. The van der Waals surface area contributed by atoms with E-state index in [-0.39, 0.29) is 6.04 Å². The van der Waals surface area contributed by atoms with Crippen LogP contribution in [0.25, 0.3) is 11.0 Å². The van der Waals surface area contributed by atoms with Gasteiger partial charge in [0.1, 0.15) is 11.0 Å². The van der Waals surface area contributed by atoms with Crippen molar-refractivity contribution in [3.63, 3.8) is 0 Å². The smallest absolute Gasteiger partial charge is 0.162 e. The Morgan fingerprint density at radius 3 is 2.79 bits per heavy atom. The summed E-state index contributed by atoms with van der Waals surface area (Å²) in [6.45, 7) is 4.94. The van der Waals surface area contributed by atoms with E-state index in [2.05, 4.69) is 14.1 Å². The lowest BCUT2D eigenvalue weighted by molar-refractivity contribution is -0.247. The zero-order chi connectivity index (χ0) is 13.5. The predicted octanol–water partition coefficient (Wildman–Crippen LogP) is 2.91. The lowest BCUT2D eigenvalue weighted by Crippen LogP contribution is -2.45. The fourth-order valence-electron chi connectivity index (χ4n) is 1.94. The zero-order valence-electron chi connectivity index (χ0n) is 10.6. The molecule has 0 bridgehead atoms. The van der Waals surface area contributed by atoms with Gasteiger partial charge < -0.3 is 14.8 Å². The SMILES string of the molecule is CC1(C)OCC(Nc2c(Cl)ccc3nsnc23)CO1. The first kappa shape index (κ1) is 13.1. The molecule has 19 heavy (non-hydrogen) atoms. The lowest BCUT2D eigenvalue weighted by Gasteiger charge is -2.35. The van der Waals surface area contributed by atoms with Crippen molar-refractivity contribution in [3.8, 4) is 0 Å². The monoisotopic (exact) mass is 299 g/mol. The van der Waals surface area contributed by atoms with Gasteiger partial charge in [0.05, 0.1) is 41.7 Å². The highest BCUT2D eigenvalue weighted by Gasteiger charge is 2.28. The van der Waals surface area contributed by atoms with Gasteiger partial charge in [0.2, 0.25) is 0 Å². The Balaban J connectivity index is 1.82. The first-order chi connectivity index (χ1) is 9.05. The standard InChI is InChI=1S/C12H14ClN3O2S/c1-12(2)17-5-7(6-18-12)14-10-8(13)3-4-9-11(10)16-19-15-9/h3-4,7,14H,5-6H2,1-2H3. The summed E-state index contributed by atoms with van der Waals surface area (Å²) in [6.07, 6.45) is 0. The first-order valence-corrected chi connectivity index (χ1v) is 7.11. The molecule has 1 aromatic carbocycles. The average Bonchev–Trinajstić information content (AvgIpc) is 2.83. The van der Waals surface area contributed by atoms with Crippen molar-refractivity contribution in [1.82, 2.24) is 8.75 Å². The second kappa shape index (κ2) is 4.86. The number of hydrogen-bond acceptors (Lipinski definition) is 6. The molecule has 0 atom stereocenters. The Kier molecular flexibility index (Phi) is 3.34. The largest absolute Gasteiger partial charge is 0.375 e. The van der Waals surface area contributed by atoms with Gasteiger partial charge in [-0.25, -0.2) is 0 Å². The van der Waals surface area contributed by atoms with Crippen molar-refractivity contribution in [2.24, 2.45) is 0 Å². The van der Waals surface area contributed by atoms with Crippen LogP contribution in [0.15, 0.2) is 12.1 Å². The number of nitrogens with zero attached hydrogens (tertiary/aromatic N) is 2. The van der Waals surface area contributed by atoms with Gasteiger partial charge in [0, 0.05) is 0 Å². The zero-order valence-corrected chi connectivity index (χ0v) is 12.2. The number of fused-ring (bicyclic) bond motifs is 1. The van der Waals surface area contributed by atoms with Crippen molar-refractivity contribution in [3.05, 3.63) is 17.2 Å². The highest BCUT2D eigenvalue weighted by atomic mass is 35.5. The minimum atomic E-state index is -0.518. The van der Waals surface area contributed by atoms with E-state index in [4.69, 9.17) is 21.1 Å². The fourth-order valence-corrected chi connectivity index (χ4v) is 2.69. The molecule has 102 valence electrons. The van der Waals surface area contributed by atoms with Crippen molar-refractivity contribution < 1.29 is 9.47 Å². The third kappa shape index (κ3) is 2.67. The molecular weight excluding hydrogens is 286 g/mol. The Bertz CT molecular complexity index is 592. The van der Waals surface area contributed by atoms with Gasteiger partial charge in [-0.05, 0) is 26.0 Å². The molecular formula is C12H14ClN3O2S. The minimum absolute atomic E-state index is 0.0535. The highest BCUT2D eigenvalue weighted by molar-refractivity contribution is 7.00. The summed E-state index contributed by atoms with van der Waals surface area (Å²) in [7, 11) is 0. The van der Waals surface area contributed by atoms with E-state index in [1.54, 1.807) is 0 Å². The van der Waals surface area contributed by atoms with Crippen LogP contribution in [0, 0.1) is 0 Å². The Morgan fingerprint density at radius 2 is 2.05 bits per heavy atom. The van der Waals surface area contributed by atoms with E-state index in [1.807, 2.05) is 26.0 Å². The molecule has 1 aromatic heterocycles.